The molecule has 1 unspecified atom stereocenters. The van der Waals surface area contributed by atoms with Crippen molar-refractivity contribution in [3.63, 3.8) is 0 Å². The molecule has 1 aromatic rings. The summed E-state index contributed by atoms with van der Waals surface area (Å²) in [6.45, 7) is 9.71. The Bertz CT molecular complexity index is 348. The number of rotatable bonds is 5. The first-order valence-electron chi connectivity index (χ1n) is 7.28. The maximum atomic E-state index is 5.85. The lowest BCUT2D eigenvalue weighted by molar-refractivity contribution is 0.247. The van der Waals surface area contributed by atoms with Gasteiger partial charge in [0, 0.05) is 0 Å². The van der Waals surface area contributed by atoms with Gasteiger partial charge in [0.15, 0.2) is 0 Å². The van der Waals surface area contributed by atoms with Crippen LogP contribution in [0.15, 0.2) is 16.5 Å². The summed E-state index contributed by atoms with van der Waals surface area (Å²) in [5, 5.41) is 3.29. The fraction of sp³-hybridized carbons (Fsp3) is 0.733. The van der Waals surface area contributed by atoms with E-state index < -0.39 is 0 Å². The monoisotopic (exact) mass is 250 g/mol. The lowest BCUT2D eigenvalue weighted by Gasteiger charge is -2.18. The largest absolute Gasteiger partial charge is 0.463 e. The highest BCUT2D eigenvalue weighted by atomic mass is 16.3. The summed E-state index contributed by atoms with van der Waals surface area (Å²) in [6.07, 6.45) is 4.03. The second kappa shape index (κ2) is 6.95. The highest BCUT2D eigenvalue weighted by Crippen LogP contribution is 2.19. The van der Waals surface area contributed by atoms with Gasteiger partial charge >= 0.3 is 0 Å². The fourth-order valence-corrected chi connectivity index (χ4v) is 2.55. The van der Waals surface area contributed by atoms with E-state index in [1.54, 1.807) is 0 Å². The summed E-state index contributed by atoms with van der Waals surface area (Å²) in [7, 11) is 0. The molecule has 1 fully saturated rings. The lowest BCUT2D eigenvalue weighted by Crippen LogP contribution is -2.23. The standard InChI is InChI=1S/C15H26N2O/c1-3-16-11-14-6-7-15(18-14)12-17-9-4-5-13(2)8-10-17/h6-7,13,16H,3-5,8-12H2,1-2H3. The quantitative estimate of drug-likeness (QED) is 0.871. The molecule has 3 heteroatoms. The van der Waals surface area contributed by atoms with Crippen molar-refractivity contribution in [2.24, 2.45) is 5.92 Å². The predicted molar refractivity (Wildman–Crippen MR) is 74.4 cm³/mol. The molecule has 1 N–H and O–H groups in total. The molecule has 0 saturated carbocycles. The topological polar surface area (TPSA) is 28.4 Å². The van der Waals surface area contributed by atoms with Crippen LogP contribution in [0.25, 0.3) is 0 Å². The molecule has 2 heterocycles. The SMILES string of the molecule is CCNCc1ccc(CN2CCCC(C)CC2)o1. The van der Waals surface area contributed by atoms with Crippen molar-refractivity contribution in [2.45, 2.75) is 46.2 Å². The van der Waals surface area contributed by atoms with Crippen molar-refractivity contribution in [1.29, 1.82) is 0 Å². The molecule has 1 saturated heterocycles. The van der Waals surface area contributed by atoms with Crippen LogP contribution < -0.4 is 5.32 Å². The minimum absolute atomic E-state index is 0.841. The Morgan fingerprint density at radius 2 is 2.11 bits per heavy atom. The van der Waals surface area contributed by atoms with Crippen LogP contribution >= 0.6 is 0 Å². The maximum absolute atomic E-state index is 5.85. The molecule has 2 rings (SSSR count). The molecular weight excluding hydrogens is 224 g/mol. The first-order valence-corrected chi connectivity index (χ1v) is 7.28. The summed E-state index contributed by atoms with van der Waals surface area (Å²) in [5.41, 5.74) is 0. The van der Waals surface area contributed by atoms with E-state index in [9.17, 15) is 0 Å². The van der Waals surface area contributed by atoms with Gasteiger partial charge < -0.3 is 9.73 Å². The molecule has 3 nitrogen and oxygen atoms in total. The molecule has 0 aliphatic carbocycles. The van der Waals surface area contributed by atoms with Gasteiger partial charge in [-0.1, -0.05) is 13.8 Å². The minimum atomic E-state index is 0.841. The Morgan fingerprint density at radius 3 is 2.94 bits per heavy atom. The minimum Gasteiger partial charge on any atom is -0.463 e. The van der Waals surface area contributed by atoms with Gasteiger partial charge in [-0.3, -0.25) is 4.90 Å². The van der Waals surface area contributed by atoms with Crippen molar-refractivity contribution in [3.05, 3.63) is 23.7 Å². The van der Waals surface area contributed by atoms with Crippen LogP contribution in [0.4, 0.5) is 0 Å². The van der Waals surface area contributed by atoms with Crippen molar-refractivity contribution in [2.75, 3.05) is 19.6 Å². The third-order valence-electron chi connectivity index (χ3n) is 3.76. The van der Waals surface area contributed by atoms with Crippen LogP contribution in [0.5, 0.6) is 0 Å². The Hall–Kier alpha value is -0.800. The van der Waals surface area contributed by atoms with Crippen molar-refractivity contribution < 1.29 is 4.42 Å². The van der Waals surface area contributed by atoms with E-state index in [4.69, 9.17) is 4.42 Å². The van der Waals surface area contributed by atoms with Gasteiger partial charge in [0.05, 0.1) is 13.1 Å². The lowest BCUT2D eigenvalue weighted by atomic mass is 10.0. The van der Waals surface area contributed by atoms with E-state index in [0.29, 0.717) is 0 Å². The van der Waals surface area contributed by atoms with E-state index in [2.05, 4.69) is 36.2 Å². The molecular formula is C15H26N2O. The van der Waals surface area contributed by atoms with Gasteiger partial charge in [-0.05, 0) is 56.9 Å². The number of nitrogens with one attached hydrogen (secondary N) is 1. The van der Waals surface area contributed by atoms with Gasteiger partial charge in [-0.15, -0.1) is 0 Å². The number of furan rings is 1. The van der Waals surface area contributed by atoms with Crippen LogP contribution in [0.1, 0.15) is 44.6 Å². The Labute approximate surface area is 111 Å². The molecule has 1 atom stereocenters. The summed E-state index contributed by atoms with van der Waals surface area (Å²) < 4.78 is 5.85. The molecule has 18 heavy (non-hydrogen) atoms. The number of hydrogen-bond donors (Lipinski definition) is 1. The average Bonchev–Trinajstić information content (AvgIpc) is 2.70. The van der Waals surface area contributed by atoms with Gasteiger partial charge in [-0.2, -0.15) is 0 Å². The van der Waals surface area contributed by atoms with Gasteiger partial charge in [0.1, 0.15) is 11.5 Å². The molecule has 102 valence electrons. The van der Waals surface area contributed by atoms with E-state index in [0.717, 1.165) is 37.1 Å². The molecule has 0 spiro atoms. The van der Waals surface area contributed by atoms with Crippen molar-refractivity contribution in [1.82, 2.24) is 10.2 Å². The molecule has 0 amide bonds. The van der Waals surface area contributed by atoms with E-state index in [-0.39, 0.29) is 0 Å². The number of nitrogens with zero attached hydrogens (tertiary/aromatic N) is 1. The predicted octanol–water partition coefficient (Wildman–Crippen LogP) is 3.01. The second-order valence-corrected chi connectivity index (χ2v) is 5.46. The van der Waals surface area contributed by atoms with Gasteiger partial charge in [0.25, 0.3) is 0 Å². The number of hydrogen-bond acceptors (Lipinski definition) is 3. The summed E-state index contributed by atoms with van der Waals surface area (Å²) in [5.74, 6) is 3.04. The van der Waals surface area contributed by atoms with Crippen LogP contribution in [-0.4, -0.2) is 24.5 Å². The summed E-state index contributed by atoms with van der Waals surface area (Å²) >= 11 is 0. The molecule has 0 bridgehead atoms. The first-order chi connectivity index (χ1) is 8.78. The van der Waals surface area contributed by atoms with Gasteiger partial charge in [0.2, 0.25) is 0 Å². The zero-order valence-corrected chi connectivity index (χ0v) is 11.7. The zero-order valence-electron chi connectivity index (χ0n) is 11.7. The zero-order chi connectivity index (χ0) is 12.8. The Balaban J connectivity index is 1.82. The molecule has 0 aromatic carbocycles. The third-order valence-corrected chi connectivity index (χ3v) is 3.76. The van der Waals surface area contributed by atoms with E-state index >= 15 is 0 Å². The first kappa shape index (κ1) is 13.6. The van der Waals surface area contributed by atoms with E-state index in [1.807, 2.05) is 0 Å². The highest BCUT2D eigenvalue weighted by Gasteiger charge is 2.15. The Kier molecular flexibility index (Phi) is 5.26. The molecule has 1 aromatic heterocycles. The normalized spacial score (nSPS) is 22.0. The van der Waals surface area contributed by atoms with Crippen LogP contribution in [0.2, 0.25) is 0 Å². The summed E-state index contributed by atoms with van der Waals surface area (Å²) in [6, 6.07) is 4.22. The number of likely N-dealkylation sites (tertiary alicyclic amines) is 1. The van der Waals surface area contributed by atoms with Crippen LogP contribution in [0, 0.1) is 5.92 Å². The summed E-state index contributed by atoms with van der Waals surface area (Å²) in [4.78, 5) is 2.53. The smallest absolute Gasteiger partial charge is 0.118 e. The second-order valence-electron chi connectivity index (χ2n) is 5.46. The fourth-order valence-electron chi connectivity index (χ4n) is 2.55. The van der Waals surface area contributed by atoms with Crippen LogP contribution in [-0.2, 0) is 13.1 Å². The third kappa shape index (κ3) is 4.14. The van der Waals surface area contributed by atoms with E-state index in [1.165, 1.54) is 32.4 Å². The highest BCUT2D eigenvalue weighted by molar-refractivity contribution is 5.07. The average molecular weight is 250 g/mol. The Morgan fingerprint density at radius 1 is 1.28 bits per heavy atom. The molecule has 1 aliphatic rings. The van der Waals surface area contributed by atoms with Crippen molar-refractivity contribution in [3.8, 4) is 0 Å². The maximum Gasteiger partial charge on any atom is 0.118 e. The van der Waals surface area contributed by atoms with Gasteiger partial charge in [-0.25, -0.2) is 0 Å². The molecule has 0 radical (unpaired) electrons. The van der Waals surface area contributed by atoms with Crippen molar-refractivity contribution >= 4 is 0 Å². The molecule has 1 aliphatic heterocycles. The van der Waals surface area contributed by atoms with Crippen LogP contribution in [0.3, 0.4) is 0 Å².